The number of nitrogens with one attached hydrogen (secondary N) is 2. The van der Waals surface area contributed by atoms with Crippen molar-refractivity contribution in [2.24, 2.45) is 0 Å². The average Bonchev–Trinajstić information content (AvgIpc) is 2.70. The quantitative estimate of drug-likeness (QED) is 0.428. The van der Waals surface area contributed by atoms with Crippen molar-refractivity contribution in [3.8, 4) is 5.75 Å². The number of nitrogens with zero attached hydrogens (tertiary/aromatic N) is 1. The summed E-state index contributed by atoms with van der Waals surface area (Å²) in [6.07, 6.45) is 1.98. The summed E-state index contributed by atoms with van der Waals surface area (Å²) in [4.78, 5) is 14.5. The molecule has 0 bridgehead atoms. The Morgan fingerprint density at radius 1 is 1.19 bits per heavy atom. The largest absolute Gasteiger partial charge is 0.492 e. The molecule has 0 spiro atoms. The van der Waals surface area contributed by atoms with Crippen LogP contribution in [0, 0.1) is 0 Å². The lowest BCUT2D eigenvalue weighted by molar-refractivity contribution is 0.238. The van der Waals surface area contributed by atoms with Crippen LogP contribution in [-0.2, 0) is 6.42 Å². The summed E-state index contributed by atoms with van der Waals surface area (Å²) < 4.78 is 5.62. The number of hydrogen-bond donors (Lipinski definition) is 3. The van der Waals surface area contributed by atoms with Gasteiger partial charge >= 0.3 is 6.03 Å². The van der Waals surface area contributed by atoms with E-state index in [2.05, 4.69) is 11.4 Å². The molecule has 0 aromatic heterocycles. The van der Waals surface area contributed by atoms with Crippen LogP contribution in [0.15, 0.2) is 48.5 Å². The number of aryl methyl sites for hydroxylation is 1. The Bertz CT molecular complexity index is 780. The van der Waals surface area contributed by atoms with Crippen LogP contribution in [0.5, 0.6) is 5.75 Å². The highest BCUT2D eigenvalue weighted by atomic mass is 32.1. The molecule has 1 aliphatic heterocycles. The van der Waals surface area contributed by atoms with Gasteiger partial charge in [-0.1, -0.05) is 30.4 Å². The van der Waals surface area contributed by atoms with E-state index < -0.39 is 0 Å². The molecule has 7 heteroatoms. The van der Waals surface area contributed by atoms with E-state index in [4.69, 9.17) is 22.2 Å². The molecule has 0 atom stereocenters. The van der Waals surface area contributed by atoms with E-state index in [0.29, 0.717) is 24.5 Å². The molecule has 3 N–H and O–H groups in total. The van der Waals surface area contributed by atoms with E-state index in [1.165, 1.54) is 5.56 Å². The molecule has 2 aromatic rings. The second kappa shape index (κ2) is 8.64. The second-order valence-corrected chi connectivity index (χ2v) is 6.34. The smallest absolute Gasteiger partial charge is 0.321 e. The van der Waals surface area contributed by atoms with E-state index in [9.17, 15) is 4.79 Å². The molecule has 136 valence electrons. The molecule has 0 fully saturated rings. The van der Waals surface area contributed by atoms with Crippen molar-refractivity contribution in [2.45, 2.75) is 12.8 Å². The third kappa shape index (κ3) is 4.30. The first-order valence-electron chi connectivity index (χ1n) is 8.49. The minimum absolute atomic E-state index is 0.101. The number of hydrogen-bond acceptors (Lipinski definition) is 4. The van der Waals surface area contributed by atoms with Gasteiger partial charge in [-0.15, -0.1) is 0 Å². The zero-order chi connectivity index (χ0) is 18.4. The summed E-state index contributed by atoms with van der Waals surface area (Å²) in [5.74, 6) is 0.673. The number of carbonyl (C=O) groups is 1. The SMILES string of the molecule is O=C(NCCOc1ccc(C(=S)NO)cc1)N1CCCc2ccccc21. The standard InChI is InChI=1S/C19H21N3O3S/c23-19(22-12-3-5-14-4-1-2-6-17(14)22)20-11-13-25-16-9-7-15(8-10-16)18(26)21-24/h1-2,4,6-10,24H,3,5,11-13H2,(H,20,23)(H,21,26). The van der Waals surface area contributed by atoms with E-state index in [-0.39, 0.29) is 11.0 Å². The van der Waals surface area contributed by atoms with Crippen molar-refractivity contribution in [3.63, 3.8) is 0 Å². The molecule has 3 rings (SSSR count). The fourth-order valence-corrected chi connectivity index (χ4v) is 3.07. The summed E-state index contributed by atoms with van der Waals surface area (Å²) >= 11 is 4.94. The van der Waals surface area contributed by atoms with Gasteiger partial charge in [0.1, 0.15) is 17.3 Å². The lowest BCUT2D eigenvalue weighted by Crippen LogP contribution is -2.44. The number of carbonyl (C=O) groups excluding carboxylic acids is 1. The molecule has 6 nitrogen and oxygen atoms in total. The Kier molecular flexibility index (Phi) is 6.04. The van der Waals surface area contributed by atoms with Crippen molar-refractivity contribution >= 4 is 28.9 Å². The first kappa shape index (κ1) is 18.2. The molecule has 0 saturated carbocycles. The number of hydroxylamine groups is 1. The maximum Gasteiger partial charge on any atom is 0.321 e. The first-order valence-corrected chi connectivity index (χ1v) is 8.90. The molecular weight excluding hydrogens is 350 g/mol. The Morgan fingerprint density at radius 2 is 1.96 bits per heavy atom. The van der Waals surface area contributed by atoms with E-state index in [0.717, 1.165) is 25.1 Å². The minimum atomic E-state index is -0.101. The van der Waals surface area contributed by atoms with Gasteiger partial charge in [-0.25, -0.2) is 4.79 Å². The Hall–Kier alpha value is -2.64. The zero-order valence-electron chi connectivity index (χ0n) is 14.3. The normalized spacial score (nSPS) is 12.9. The number of benzene rings is 2. The van der Waals surface area contributed by atoms with Crippen molar-refractivity contribution in [1.82, 2.24) is 10.8 Å². The minimum Gasteiger partial charge on any atom is -0.492 e. The van der Waals surface area contributed by atoms with Crippen LogP contribution in [0.2, 0.25) is 0 Å². The van der Waals surface area contributed by atoms with Crippen LogP contribution < -0.4 is 20.4 Å². The number of anilines is 1. The van der Waals surface area contributed by atoms with Gasteiger partial charge in [0.15, 0.2) is 0 Å². The Labute approximate surface area is 157 Å². The molecule has 2 aromatic carbocycles. The number of ether oxygens (including phenoxy) is 1. The first-order chi connectivity index (χ1) is 12.7. The molecule has 0 saturated heterocycles. The summed E-state index contributed by atoms with van der Waals surface area (Å²) in [5, 5.41) is 11.7. The maximum atomic E-state index is 12.4. The molecule has 0 radical (unpaired) electrons. The highest BCUT2D eigenvalue weighted by Crippen LogP contribution is 2.26. The van der Waals surface area contributed by atoms with E-state index >= 15 is 0 Å². The third-order valence-corrected chi connectivity index (χ3v) is 4.55. The Morgan fingerprint density at radius 3 is 2.73 bits per heavy atom. The fraction of sp³-hybridized carbons (Fsp3) is 0.263. The molecule has 2 amide bonds. The van der Waals surface area contributed by atoms with E-state index in [1.54, 1.807) is 29.2 Å². The number of amides is 2. The highest BCUT2D eigenvalue weighted by molar-refractivity contribution is 7.80. The highest BCUT2D eigenvalue weighted by Gasteiger charge is 2.21. The van der Waals surface area contributed by atoms with Crippen molar-refractivity contribution in [1.29, 1.82) is 0 Å². The molecule has 26 heavy (non-hydrogen) atoms. The Balaban J connectivity index is 1.47. The number of thiocarbonyl (C=S) groups is 1. The number of para-hydroxylation sites is 1. The van der Waals surface area contributed by atoms with Crippen LogP contribution in [-0.4, -0.2) is 35.9 Å². The predicted octanol–water partition coefficient (Wildman–Crippen LogP) is 2.88. The van der Waals surface area contributed by atoms with Crippen molar-refractivity contribution < 1.29 is 14.7 Å². The molecule has 0 aliphatic carbocycles. The van der Waals surface area contributed by atoms with Gasteiger partial charge in [-0.2, -0.15) is 0 Å². The van der Waals surface area contributed by atoms with Crippen LogP contribution in [0.4, 0.5) is 10.5 Å². The lowest BCUT2D eigenvalue weighted by atomic mass is 10.0. The van der Waals surface area contributed by atoms with Gasteiger partial charge in [-0.3, -0.25) is 15.6 Å². The van der Waals surface area contributed by atoms with Crippen molar-refractivity contribution in [2.75, 3.05) is 24.6 Å². The molecule has 1 aliphatic rings. The van der Waals surface area contributed by atoms with Gasteiger partial charge in [0, 0.05) is 17.8 Å². The summed E-state index contributed by atoms with van der Waals surface area (Å²) in [7, 11) is 0. The summed E-state index contributed by atoms with van der Waals surface area (Å²) in [6.45, 7) is 1.50. The lowest BCUT2D eigenvalue weighted by Gasteiger charge is -2.29. The molecular formula is C19H21N3O3S. The van der Waals surface area contributed by atoms with Crippen LogP contribution in [0.1, 0.15) is 17.5 Å². The monoisotopic (exact) mass is 371 g/mol. The van der Waals surface area contributed by atoms with Crippen molar-refractivity contribution in [3.05, 3.63) is 59.7 Å². The maximum absolute atomic E-state index is 12.4. The van der Waals surface area contributed by atoms with Gasteiger partial charge < -0.3 is 10.1 Å². The second-order valence-electron chi connectivity index (χ2n) is 5.93. The number of fused-ring (bicyclic) bond motifs is 1. The van der Waals surface area contributed by atoms with Gasteiger partial charge in [0.05, 0.1) is 6.54 Å². The van der Waals surface area contributed by atoms with Crippen LogP contribution in [0.3, 0.4) is 0 Å². The number of urea groups is 1. The van der Waals surface area contributed by atoms with Gasteiger partial charge in [-0.05, 0) is 48.7 Å². The summed E-state index contributed by atoms with van der Waals surface area (Å²) in [5.41, 5.74) is 4.84. The predicted molar refractivity (Wildman–Crippen MR) is 104 cm³/mol. The molecule has 1 heterocycles. The fourth-order valence-electron chi connectivity index (χ4n) is 2.93. The average molecular weight is 371 g/mol. The van der Waals surface area contributed by atoms with Crippen LogP contribution >= 0.6 is 12.2 Å². The third-order valence-electron chi connectivity index (χ3n) is 4.22. The topological polar surface area (TPSA) is 73.8 Å². The van der Waals surface area contributed by atoms with E-state index in [1.807, 2.05) is 23.7 Å². The summed E-state index contributed by atoms with van der Waals surface area (Å²) in [6, 6.07) is 14.9. The van der Waals surface area contributed by atoms with Gasteiger partial charge in [0.25, 0.3) is 0 Å². The van der Waals surface area contributed by atoms with Crippen LogP contribution in [0.25, 0.3) is 0 Å². The number of rotatable bonds is 5. The van der Waals surface area contributed by atoms with Gasteiger partial charge in [0.2, 0.25) is 0 Å². The molecule has 0 unspecified atom stereocenters. The zero-order valence-corrected chi connectivity index (χ0v) is 15.1.